The van der Waals surface area contributed by atoms with Crippen LogP contribution < -0.4 is 21.1 Å². The van der Waals surface area contributed by atoms with Crippen LogP contribution >= 0.6 is 0 Å². The van der Waals surface area contributed by atoms with Crippen molar-refractivity contribution >= 4 is 17.5 Å². The molecular formula is C13H17N3O4. The van der Waals surface area contributed by atoms with E-state index >= 15 is 0 Å². The van der Waals surface area contributed by atoms with Crippen molar-refractivity contribution in [2.75, 3.05) is 31.6 Å². The number of carbonyl (C=O) groups is 2. The molecule has 7 heteroatoms. The first-order valence-electron chi connectivity index (χ1n) is 6.30. The van der Waals surface area contributed by atoms with Crippen molar-refractivity contribution in [1.82, 2.24) is 5.32 Å². The average molecular weight is 279 g/mol. The second-order valence-electron chi connectivity index (χ2n) is 4.29. The molecule has 2 amide bonds. The number of nitrogens with two attached hydrogens (primary N) is 1. The summed E-state index contributed by atoms with van der Waals surface area (Å²) in [6.45, 7) is 0.786. The first-order valence-corrected chi connectivity index (χ1v) is 6.30. The van der Waals surface area contributed by atoms with Crippen LogP contribution in [0.3, 0.4) is 0 Å². The van der Waals surface area contributed by atoms with Crippen molar-refractivity contribution in [3.8, 4) is 5.75 Å². The Bertz CT molecular complexity index is 492. The van der Waals surface area contributed by atoms with E-state index in [0.717, 1.165) is 5.69 Å². The fourth-order valence-corrected chi connectivity index (χ4v) is 1.79. The molecule has 0 radical (unpaired) electrons. The molecule has 1 aromatic rings. The SMILES string of the molecule is NC(=O)COCCNC(=O)C1CNc2ccccc2O1. The second-order valence-corrected chi connectivity index (χ2v) is 4.29. The van der Waals surface area contributed by atoms with E-state index in [1.165, 1.54) is 0 Å². The first-order chi connectivity index (χ1) is 9.66. The Hall–Kier alpha value is -2.28. The summed E-state index contributed by atoms with van der Waals surface area (Å²) in [6, 6.07) is 7.43. The van der Waals surface area contributed by atoms with Crippen molar-refractivity contribution < 1.29 is 19.1 Å². The topological polar surface area (TPSA) is 103 Å². The Labute approximate surface area is 116 Å². The Morgan fingerprint density at radius 2 is 2.25 bits per heavy atom. The van der Waals surface area contributed by atoms with Gasteiger partial charge in [-0.15, -0.1) is 0 Å². The van der Waals surface area contributed by atoms with Crippen molar-refractivity contribution in [1.29, 1.82) is 0 Å². The van der Waals surface area contributed by atoms with Crippen LogP contribution in [-0.4, -0.2) is 44.2 Å². The van der Waals surface area contributed by atoms with Crippen molar-refractivity contribution in [2.24, 2.45) is 5.73 Å². The summed E-state index contributed by atoms with van der Waals surface area (Å²) < 4.78 is 10.5. The fourth-order valence-electron chi connectivity index (χ4n) is 1.79. The van der Waals surface area contributed by atoms with Crippen LogP contribution in [0, 0.1) is 0 Å². The number of hydrogen-bond donors (Lipinski definition) is 3. The number of fused-ring (bicyclic) bond motifs is 1. The third-order valence-corrected chi connectivity index (χ3v) is 2.72. The van der Waals surface area contributed by atoms with Crippen molar-refractivity contribution in [3.63, 3.8) is 0 Å². The summed E-state index contributed by atoms with van der Waals surface area (Å²) in [4.78, 5) is 22.3. The minimum absolute atomic E-state index is 0.148. The molecule has 0 bridgehead atoms. The molecule has 0 aromatic heterocycles. The highest BCUT2D eigenvalue weighted by molar-refractivity contribution is 5.83. The molecule has 0 fully saturated rings. The molecule has 1 heterocycles. The Kier molecular flexibility index (Phi) is 4.78. The number of ether oxygens (including phenoxy) is 2. The minimum atomic E-state index is -0.582. The van der Waals surface area contributed by atoms with Gasteiger partial charge in [0.05, 0.1) is 18.8 Å². The molecular weight excluding hydrogens is 262 g/mol. The number of amides is 2. The summed E-state index contributed by atoms with van der Waals surface area (Å²) in [5, 5.41) is 5.81. The van der Waals surface area contributed by atoms with Gasteiger partial charge in [0.2, 0.25) is 5.91 Å². The lowest BCUT2D eigenvalue weighted by Gasteiger charge is -2.26. The van der Waals surface area contributed by atoms with Gasteiger partial charge in [-0.05, 0) is 12.1 Å². The number of para-hydroxylation sites is 2. The van der Waals surface area contributed by atoms with Gasteiger partial charge < -0.3 is 25.8 Å². The quantitative estimate of drug-likeness (QED) is 0.608. The number of anilines is 1. The summed E-state index contributed by atoms with van der Waals surface area (Å²) >= 11 is 0. The Morgan fingerprint density at radius 1 is 1.45 bits per heavy atom. The van der Waals surface area contributed by atoms with Crippen LogP contribution in [0.4, 0.5) is 5.69 Å². The first kappa shape index (κ1) is 14.1. The molecule has 0 spiro atoms. The molecule has 108 valence electrons. The molecule has 7 nitrogen and oxygen atoms in total. The number of carbonyl (C=O) groups excluding carboxylic acids is 2. The van der Waals surface area contributed by atoms with Gasteiger partial charge in [0, 0.05) is 6.54 Å². The maximum atomic E-state index is 11.9. The van der Waals surface area contributed by atoms with E-state index in [4.69, 9.17) is 15.2 Å². The van der Waals surface area contributed by atoms with E-state index in [-0.39, 0.29) is 19.1 Å². The average Bonchev–Trinajstić information content (AvgIpc) is 2.46. The van der Waals surface area contributed by atoms with E-state index in [2.05, 4.69) is 10.6 Å². The van der Waals surface area contributed by atoms with E-state index in [1.54, 1.807) is 6.07 Å². The number of primary amides is 1. The van der Waals surface area contributed by atoms with Crippen LogP contribution in [-0.2, 0) is 14.3 Å². The van der Waals surface area contributed by atoms with E-state index < -0.39 is 12.0 Å². The number of benzene rings is 1. The number of nitrogens with one attached hydrogen (secondary N) is 2. The molecule has 1 aliphatic rings. The van der Waals surface area contributed by atoms with Gasteiger partial charge in [-0.25, -0.2) is 0 Å². The fraction of sp³-hybridized carbons (Fsp3) is 0.385. The molecule has 0 aliphatic carbocycles. The lowest BCUT2D eigenvalue weighted by atomic mass is 10.2. The molecule has 0 saturated heterocycles. The van der Waals surface area contributed by atoms with E-state index in [1.807, 2.05) is 18.2 Å². The lowest BCUT2D eigenvalue weighted by Crippen LogP contribution is -2.45. The maximum Gasteiger partial charge on any atom is 0.263 e. The largest absolute Gasteiger partial charge is 0.477 e. The highest BCUT2D eigenvalue weighted by Crippen LogP contribution is 2.27. The van der Waals surface area contributed by atoms with Crippen molar-refractivity contribution in [3.05, 3.63) is 24.3 Å². The molecule has 1 aliphatic heterocycles. The van der Waals surface area contributed by atoms with Gasteiger partial charge >= 0.3 is 0 Å². The highest BCUT2D eigenvalue weighted by Gasteiger charge is 2.25. The van der Waals surface area contributed by atoms with Crippen LogP contribution in [0.2, 0.25) is 0 Å². The zero-order valence-electron chi connectivity index (χ0n) is 10.9. The van der Waals surface area contributed by atoms with Gasteiger partial charge in [-0.1, -0.05) is 12.1 Å². The summed E-state index contributed by atoms with van der Waals surface area (Å²) in [6.07, 6.45) is -0.582. The van der Waals surface area contributed by atoms with Gasteiger partial charge in [-0.3, -0.25) is 9.59 Å². The predicted molar refractivity (Wildman–Crippen MR) is 72.4 cm³/mol. The normalized spacial score (nSPS) is 16.5. The smallest absolute Gasteiger partial charge is 0.263 e. The standard InChI is InChI=1S/C13H17N3O4/c14-12(17)8-19-6-5-15-13(18)11-7-16-9-3-1-2-4-10(9)20-11/h1-4,11,16H,5-8H2,(H2,14,17)(H,15,18). The molecule has 20 heavy (non-hydrogen) atoms. The van der Waals surface area contributed by atoms with Crippen LogP contribution in [0.25, 0.3) is 0 Å². The summed E-state index contributed by atoms with van der Waals surface area (Å²) in [5.41, 5.74) is 5.79. The highest BCUT2D eigenvalue weighted by atomic mass is 16.5. The zero-order valence-corrected chi connectivity index (χ0v) is 10.9. The van der Waals surface area contributed by atoms with Gasteiger partial charge in [0.15, 0.2) is 6.10 Å². The Morgan fingerprint density at radius 3 is 3.05 bits per heavy atom. The summed E-state index contributed by atoms with van der Waals surface area (Å²) in [5.74, 6) is -0.105. The third-order valence-electron chi connectivity index (χ3n) is 2.72. The monoisotopic (exact) mass is 279 g/mol. The summed E-state index contributed by atoms with van der Waals surface area (Å²) in [7, 11) is 0. The Balaban J connectivity index is 1.73. The van der Waals surface area contributed by atoms with Crippen LogP contribution in [0.5, 0.6) is 5.75 Å². The van der Waals surface area contributed by atoms with Crippen molar-refractivity contribution in [2.45, 2.75) is 6.10 Å². The number of hydrogen-bond acceptors (Lipinski definition) is 5. The molecule has 1 unspecified atom stereocenters. The molecule has 1 aromatic carbocycles. The lowest BCUT2D eigenvalue weighted by molar-refractivity contribution is -0.127. The van der Waals surface area contributed by atoms with Gasteiger partial charge in [0.1, 0.15) is 12.4 Å². The maximum absolute atomic E-state index is 11.9. The van der Waals surface area contributed by atoms with Gasteiger partial charge in [-0.2, -0.15) is 0 Å². The van der Waals surface area contributed by atoms with E-state index in [0.29, 0.717) is 18.8 Å². The minimum Gasteiger partial charge on any atom is -0.477 e. The second kappa shape index (κ2) is 6.76. The van der Waals surface area contributed by atoms with Gasteiger partial charge in [0.25, 0.3) is 5.91 Å². The molecule has 2 rings (SSSR count). The number of rotatable bonds is 6. The molecule has 0 saturated carbocycles. The molecule has 1 atom stereocenters. The van der Waals surface area contributed by atoms with Crippen LogP contribution in [0.1, 0.15) is 0 Å². The van der Waals surface area contributed by atoms with Crippen LogP contribution in [0.15, 0.2) is 24.3 Å². The predicted octanol–water partition coefficient (Wildman–Crippen LogP) is -0.522. The third kappa shape index (κ3) is 3.86. The van der Waals surface area contributed by atoms with E-state index in [9.17, 15) is 9.59 Å². The molecule has 4 N–H and O–H groups in total. The zero-order chi connectivity index (χ0) is 14.4.